The Hall–Kier alpha value is -1.88. The number of aromatic hydroxyl groups is 1. The Balaban J connectivity index is 2.19. The van der Waals surface area contributed by atoms with E-state index in [1.165, 1.54) is 12.1 Å². The molecule has 1 N–H and O–H groups in total. The maximum absolute atomic E-state index is 11.7. The minimum atomic E-state index is -0.602. The van der Waals surface area contributed by atoms with Gasteiger partial charge in [-0.15, -0.1) is 0 Å². The number of epoxide rings is 1. The Morgan fingerprint density at radius 1 is 1.61 bits per heavy atom. The van der Waals surface area contributed by atoms with E-state index in [2.05, 4.69) is 0 Å². The van der Waals surface area contributed by atoms with Gasteiger partial charge in [0, 0.05) is 5.56 Å². The summed E-state index contributed by atoms with van der Waals surface area (Å²) in [6.45, 7) is 2.66. The van der Waals surface area contributed by atoms with Crippen molar-refractivity contribution in [2.75, 3.05) is 13.2 Å². The molecule has 5 heteroatoms. The summed E-state index contributed by atoms with van der Waals surface area (Å²) < 4.78 is 9.91. The Labute approximate surface area is 104 Å². The molecule has 0 amide bonds. The first-order valence-electron chi connectivity index (χ1n) is 5.75. The van der Waals surface area contributed by atoms with Gasteiger partial charge in [0.2, 0.25) is 0 Å². The second-order valence-electron chi connectivity index (χ2n) is 4.09. The lowest BCUT2D eigenvalue weighted by Crippen LogP contribution is -2.11. The summed E-state index contributed by atoms with van der Waals surface area (Å²) in [5.41, 5.74) is 1.17. The molecule has 0 spiro atoms. The maximum atomic E-state index is 11.7. The van der Waals surface area contributed by atoms with Crippen molar-refractivity contribution in [3.63, 3.8) is 0 Å². The zero-order chi connectivity index (χ0) is 13.1. The lowest BCUT2D eigenvalue weighted by atomic mass is 10.0. The van der Waals surface area contributed by atoms with Crippen LogP contribution in [0.15, 0.2) is 12.1 Å². The molecule has 18 heavy (non-hydrogen) atoms. The quantitative estimate of drug-likeness (QED) is 0.484. The number of ether oxygens (including phenoxy) is 2. The summed E-state index contributed by atoms with van der Waals surface area (Å²) in [7, 11) is 0. The molecule has 1 aliphatic heterocycles. The minimum absolute atomic E-state index is 0.0176. The lowest BCUT2D eigenvalue weighted by molar-refractivity contribution is 0.0473. The van der Waals surface area contributed by atoms with E-state index in [0.717, 1.165) is 0 Å². The number of aldehydes is 1. The first-order valence-corrected chi connectivity index (χ1v) is 5.75. The molecule has 1 atom stereocenters. The molecule has 5 nitrogen and oxygen atoms in total. The molecule has 1 aliphatic rings. The molecule has 0 aromatic heterocycles. The molecule has 1 saturated heterocycles. The van der Waals surface area contributed by atoms with Crippen molar-refractivity contribution < 1.29 is 24.2 Å². The normalized spacial score (nSPS) is 17.3. The summed E-state index contributed by atoms with van der Waals surface area (Å²) in [5, 5.41) is 9.70. The van der Waals surface area contributed by atoms with Gasteiger partial charge in [-0.2, -0.15) is 0 Å². The van der Waals surface area contributed by atoms with Crippen LogP contribution < -0.4 is 0 Å². The number of hydrogen-bond acceptors (Lipinski definition) is 5. The van der Waals surface area contributed by atoms with Crippen molar-refractivity contribution >= 4 is 12.3 Å². The highest BCUT2D eigenvalue weighted by atomic mass is 16.6. The lowest BCUT2D eigenvalue weighted by Gasteiger charge is -2.08. The highest BCUT2D eigenvalue weighted by Gasteiger charge is 2.25. The first kappa shape index (κ1) is 12.6. The summed E-state index contributed by atoms with van der Waals surface area (Å²) >= 11 is 0. The van der Waals surface area contributed by atoms with E-state index in [9.17, 15) is 14.7 Å². The van der Waals surface area contributed by atoms with Gasteiger partial charge in [-0.3, -0.25) is 4.79 Å². The molecule has 0 aliphatic carbocycles. The zero-order valence-electron chi connectivity index (χ0n) is 10.0. The molecule has 1 heterocycles. The SMILES string of the molecule is CCc1cc(C(=O)OCC2CO2)c(O)cc1C=O. The molecule has 1 aromatic carbocycles. The molecule has 96 valence electrons. The zero-order valence-corrected chi connectivity index (χ0v) is 10.0. The van der Waals surface area contributed by atoms with Gasteiger partial charge < -0.3 is 14.6 Å². The number of aryl methyl sites for hydroxylation is 1. The van der Waals surface area contributed by atoms with Gasteiger partial charge in [-0.25, -0.2) is 4.79 Å². The van der Waals surface area contributed by atoms with Crippen LogP contribution in [0.4, 0.5) is 0 Å². The van der Waals surface area contributed by atoms with Crippen LogP contribution in [0, 0.1) is 0 Å². The van der Waals surface area contributed by atoms with E-state index in [1.54, 1.807) is 0 Å². The molecular weight excluding hydrogens is 236 g/mol. The van der Waals surface area contributed by atoms with Crippen molar-refractivity contribution in [2.45, 2.75) is 19.4 Å². The number of benzene rings is 1. The third kappa shape index (κ3) is 2.68. The number of rotatable bonds is 5. The molecule has 0 radical (unpaired) electrons. The summed E-state index contributed by atoms with van der Waals surface area (Å²) in [5.74, 6) is -0.842. The van der Waals surface area contributed by atoms with E-state index >= 15 is 0 Å². The number of phenols is 1. The van der Waals surface area contributed by atoms with Gasteiger partial charge in [0.25, 0.3) is 0 Å². The fourth-order valence-corrected chi connectivity index (χ4v) is 1.64. The Kier molecular flexibility index (Phi) is 3.62. The molecule has 0 saturated carbocycles. The van der Waals surface area contributed by atoms with Gasteiger partial charge in [0.05, 0.1) is 6.61 Å². The number of hydrogen-bond donors (Lipinski definition) is 1. The minimum Gasteiger partial charge on any atom is -0.507 e. The van der Waals surface area contributed by atoms with Crippen LogP contribution in [0.1, 0.15) is 33.2 Å². The largest absolute Gasteiger partial charge is 0.507 e. The Morgan fingerprint density at radius 2 is 2.33 bits per heavy atom. The van der Waals surface area contributed by atoms with Crippen LogP contribution in [-0.2, 0) is 15.9 Å². The van der Waals surface area contributed by atoms with Crippen molar-refractivity contribution in [3.8, 4) is 5.75 Å². The van der Waals surface area contributed by atoms with E-state index in [0.29, 0.717) is 30.4 Å². The molecular formula is C13H14O5. The number of carbonyl (C=O) groups excluding carboxylic acids is 2. The van der Waals surface area contributed by atoms with Crippen LogP contribution in [0.2, 0.25) is 0 Å². The topological polar surface area (TPSA) is 76.1 Å². The van der Waals surface area contributed by atoms with Gasteiger partial charge in [0.15, 0.2) is 0 Å². The van der Waals surface area contributed by atoms with Crippen LogP contribution in [-0.4, -0.2) is 36.7 Å². The van der Waals surface area contributed by atoms with E-state index in [1.807, 2.05) is 6.92 Å². The highest BCUT2D eigenvalue weighted by molar-refractivity contribution is 5.94. The first-order chi connectivity index (χ1) is 8.65. The number of esters is 1. The average molecular weight is 250 g/mol. The fraction of sp³-hybridized carbons (Fsp3) is 0.385. The molecule has 1 unspecified atom stereocenters. The molecule has 0 bridgehead atoms. The monoisotopic (exact) mass is 250 g/mol. The van der Waals surface area contributed by atoms with E-state index < -0.39 is 5.97 Å². The Morgan fingerprint density at radius 3 is 2.89 bits per heavy atom. The van der Waals surface area contributed by atoms with Crippen LogP contribution in [0.5, 0.6) is 5.75 Å². The smallest absolute Gasteiger partial charge is 0.342 e. The predicted molar refractivity (Wildman–Crippen MR) is 62.9 cm³/mol. The van der Waals surface area contributed by atoms with Crippen molar-refractivity contribution in [1.29, 1.82) is 0 Å². The third-order valence-corrected chi connectivity index (χ3v) is 2.79. The maximum Gasteiger partial charge on any atom is 0.342 e. The number of phenolic OH excluding ortho intramolecular Hbond substituents is 1. The van der Waals surface area contributed by atoms with Gasteiger partial charge in [0.1, 0.15) is 30.3 Å². The molecule has 1 fully saturated rings. The standard InChI is InChI=1S/C13H14O5/c1-2-8-3-11(12(15)4-9(8)5-14)13(16)18-7-10-6-17-10/h3-5,10,15H,2,6-7H2,1H3. The second kappa shape index (κ2) is 5.18. The summed E-state index contributed by atoms with van der Waals surface area (Å²) in [4.78, 5) is 22.5. The second-order valence-corrected chi connectivity index (χ2v) is 4.09. The van der Waals surface area contributed by atoms with Gasteiger partial charge >= 0.3 is 5.97 Å². The van der Waals surface area contributed by atoms with E-state index in [4.69, 9.17) is 9.47 Å². The fourth-order valence-electron chi connectivity index (χ4n) is 1.64. The van der Waals surface area contributed by atoms with Crippen molar-refractivity contribution in [1.82, 2.24) is 0 Å². The summed E-state index contributed by atoms with van der Waals surface area (Å²) in [6.07, 6.45) is 1.24. The van der Waals surface area contributed by atoms with Crippen LogP contribution in [0.3, 0.4) is 0 Å². The predicted octanol–water partition coefficient (Wildman–Crippen LogP) is 1.32. The summed E-state index contributed by atoms with van der Waals surface area (Å²) in [6, 6.07) is 2.78. The van der Waals surface area contributed by atoms with Gasteiger partial charge in [-0.1, -0.05) is 6.92 Å². The van der Waals surface area contributed by atoms with Crippen LogP contribution in [0.25, 0.3) is 0 Å². The van der Waals surface area contributed by atoms with Gasteiger partial charge in [-0.05, 0) is 24.1 Å². The van der Waals surface area contributed by atoms with Crippen molar-refractivity contribution in [3.05, 3.63) is 28.8 Å². The number of carbonyl (C=O) groups is 2. The Bertz CT molecular complexity index is 477. The third-order valence-electron chi connectivity index (χ3n) is 2.79. The molecule has 1 aromatic rings. The molecule has 2 rings (SSSR count). The average Bonchev–Trinajstić information content (AvgIpc) is 3.19. The highest BCUT2D eigenvalue weighted by Crippen LogP contribution is 2.23. The van der Waals surface area contributed by atoms with E-state index in [-0.39, 0.29) is 24.0 Å². The van der Waals surface area contributed by atoms with Crippen molar-refractivity contribution in [2.24, 2.45) is 0 Å². The van der Waals surface area contributed by atoms with Crippen LogP contribution >= 0.6 is 0 Å².